The van der Waals surface area contributed by atoms with Gasteiger partial charge in [0.2, 0.25) is 6.79 Å². The molecule has 160 valence electrons. The second kappa shape index (κ2) is 8.35. The highest BCUT2D eigenvalue weighted by Crippen LogP contribution is 2.43. The molecule has 0 radical (unpaired) electrons. The number of phenolic OH excluding ortho intramolecular Hbond substituents is 1. The van der Waals surface area contributed by atoms with E-state index in [1.54, 1.807) is 25.3 Å². The van der Waals surface area contributed by atoms with Crippen LogP contribution in [-0.4, -0.2) is 43.2 Å². The zero-order valence-electron chi connectivity index (χ0n) is 17.3. The number of hydrogen-bond donors (Lipinski definition) is 2. The first-order chi connectivity index (χ1) is 15.2. The minimum atomic E-state index is 0.104. The molecular formula is C24H24N2O5. The number of para-hydroxylation sites is 1. The topological polar surface area (TPSA) is 82.1 Å². The fourth-order valence-electron chi connectivity index (χ4n) is 3.95. The van der Waals surface area contributed by atoms with Gasteiger partial charge < -0.3 is 29.4 Å². The third-order valence-corrected chi connectivity index (χ3v) is 5.55. The zero-order chi connectivity index (χ0) is 21.2. The lowest BCUT2D eigenvalue weighted by molar-refractivity contribution is 0.120. The molecule has 1 atom stereocenters. The standard InChI is InChI=1S/C24H24N2O5/c1-28-16-7-8-19(21(27)12-16)20-10-15(18-5-2-6-22-24(18)31-14-30-22)11-23(26-20)25-13-17-4-3-9-29-17/h2,5-8,10-12,17,27H,3-4,9,13-14H2,1H3,(H,25,26). The Bertz CT molecular complexity index is 1100. The van der Waals surface area contributed by atoms with Crippen molar-refractivity contribution >= 4 is 5.82 Å². The van der Waals surface area contributed by atoms with Gasteiger partial charge in [-0.05, 0) is 48.7 Å². The highest BCUT2D eigenvalue weighted by Gasteiger charge is 2.21. The Kier molecular flexibility index (Phi) is 5.26. The predicted molar refractivity (Wildman–Crippen MR) is 117 cm³/mol. The Hall–Kier alpha value is -3.45. The highest BCUT2D eigenvalue weighted by molar-refractivity contribution is 5.81. The van der Waals surface area contributed by atoms with Crippen molar-refractivity contribution in [1.29, 1.82) is 0 Å². The molecule has 2 aliphatic rings. The maximum absolute atomic E-state index is 10.6. The molecule has 31 heavy (non-hydrogen) atoms. The van der Waals surface area contributed by atoms with E-state index in [0.29, 0.717) is 35.1 Å². The maximum Gasteiger partial charge on any atom is 0.231 e. The number of aromatic nitrogens is 1. The van der Waals surface area contributed by atoms with E-state index in [-0.39, 0.29) is 18.6 Å². The molecule has 3 heterocycles. The van der Waals surface area contributed by atoms with E-state index in [9.17, 15) is 5.11 Å². The number of ether oxygens (including phenoxy) is 4. The van der Waals surface area contributed by atoms with E-state index >= 15 is 0 Å². The lowest BCUT2D eigenvalue weighted by Gasteiger charge is -2.15. The van der Waals surface area contributed by atoms with Crippen molar-refractivity contribution < 1.29 is 24.1 Å². The quantitative estimate of drug-likeness (QED) is 0.610. The smallest absolute Gasteiger partial charge is 0.231 e. The van der Waals surface area contributed by atoms with Gasteiger partial charge in [-0.25, -0.2) is 4.98 Å². The van der Waals surface area contributed by atoms with Crippen LogP contribution in [0.2, 0.25) is 0 Å². The van der Waals surface area contributed by atoms with E-state index in [1.807, 2.05) is 30.3 Å². The summed E-state index contributed by atoms with van der Waals surface area (Å²) in [7, 11) is 1.57. The Labute approximate surface area is 180 Å². The molecule has 1 saturated heterocycles. The van der Waals surface area contributed by atoms with Crippen molar-refractivity contribution in [2.45, 2.75) is 18.9 Å². The summed E-state index contributed by atoms with van der Waals surface area (Å²) in [6, 6.07) is 14.9. The van der Waals surface area contributed by atoms with Gasteiger partial charge in [0.15, 0.2) is 11.5 Å². The van der Waals surface area contributed by atoms with Gasteiger partial charge in [-0.3, -0.25) is 0 Å². The minimum Gasteiger partial charge on any atom is -0.507 e. The van der Waals surface area contributed by atoms with E-state index in [0.717, 1.165) is 36.3 Å². The second-order valence-electron chi connectivity index (χ2n) is 7.56. The number of aromatic hydroxyl groups is 1. The van der Waals surface area contributed by atoms with Crippen LogP contribution in [-0.2, 0) is 4.74 Å². The summed E-state index contributed by atoms with van der Waals surface area (Å²) in [5, 5.41) is 14.0. The van der Waals surface area contributed by atoms with Crippen LogP contribution in [0.1, 0.15) is 12.8 Å². The summed E-state index contributed by atoms with van der Waals surface area (Å²) in [6.07, 6.45) is 2.30. The lowest BCUT2D eigenvalue weighted by Crippen LogP contribution is -2.19. The van der Waals surface area contributed by atoms with Gasteiger partial charge in [0.1, 0.15) is 17.3 Å². The van der Waals surface area contributed by atoms with Gasteiger partial charge >= 0.3 is 0 Å². The first-order valence-electron chi connectivity index (χ1n) is 10.3. The second-order valence-corrected chi connectivity index (χ2v) is 7.56. The molecule has 1 fully saturated rings. The molecule has 0 bridgehead atoms. The van der Waals surface area contributed by atoms with Crippen LogP contribution in [0.25, 0.3) is 22.4 Å². The molecule has 2 aromatic carbocycles. The summed E-state index contributed by atoms with van der Waals surface area (Å²) in [5.41, 5.74) is 3.08. The van der Waals surface area contributed by atoms with Gasteiger partial charge in [0.05, 0.1) is 18.9 Å². The summed E-state index contributed by atoms with van der Waals surface area (Å²) in [4.78, 5) is 4.76. The molecule has 0 spiro atoms. The van der Waals surface area contributed by atoms with Crippen LogP contribution in [0, 0.1) is 0 Å². The molecule has 3 aromatic rings. The fourth-order valence-corrected chi connectivity index (χ4v) is 3.95. The van der Waals surface area contributed by atoms with Gasteiger partial charge in [0, 0.05) is 30.3 Å². The van der Waals surface area contributed by atoms with Gasteiger partial charge in [-0.15, -0.1) is 0 Å². The number of pyridine rings is 1. The number of nitrogens with zero attached hydrogens (tertiary/aromatic N) is 1. The van der Waals surface area contributed by atoms with Crippen LogP contribution in [0.4, 0.5) is 5.82 Å². The van der Waals surface area contributed by atoms with Gasteiger partial charge in [-0.1, -0.05) is 12.1 Å². The number of hydrogen-bond acceptors (Lipinski definition) is 7. The van der Waals surface area contributed by atoms with Crippen LogP contribution in [0.15, 0.2) is 48.5 Å². The minimum absolute atomic E-state index is 0.104. The number of methoxy groups -OCH3 is 1. The monoisotopic (exact) mass is 420 g/mol. The summed E-state index contributed by atoms with van der Waals surface area (Å²) in [6.45, 7) is 1.68. The normalized spacial score (nSPS) is 17.0. The molecule has 1 unspecified atom stereocenters. The number of nitrogens with one attached hydrogen (secondary N) is 1. The van der Waals surface area contributed by atoms with Crippen LogP contribution in [0.3, 0.4) is 0 Å². The van der Waals surface area contributed by atoms with Gasteiger partial charge in [-0.2, -0.15) is 0 Å². The predicted octanol–water partition coefficient (Wildman–Crippen LogP) is 4.45. The van der Waals surface area contributed by atoms with Crippen LogP contribution < -0.4 is 19.5 Å². The van der Waals surface area contributed by atoms with Crippen LogP contribution >= 0.6 is 0 Å². The van der Waals surface area contributed by atoms with Crippen molar-refractivity contribution in [3.8, 4) is 45.4 Å². The molecular weight excluding hydrogens is 396 g/mol. The summed E-state index contributed by atoms with van der Waals surface area (Å²) in [5.74, 6) is 2.82. The number of benzene rings is 2. The molecule has 2 N–H and O–H groups in total. The SMILES string of the molecule is COc1ccc(-c2cc(-c3cccc4c3OCO4)cc(NCC3CCCO3)n2)c(O)c1. The lowest BCUT2D eigenvalue weighted by atomic mass is 10.0. The molecule has 7 nitrogen and oxygen atoms in total. The third-order valence-electron chi connectivity index (χ3n) is 5.55. The molecule has 0 aliphatic carbocycles. The number of anilines is 1. The molecule has 0 saturated carbocycles. The van der Waals surface area contributed by atoms with Crippen LogP contribution in [0.5, 0.6) is 23.0 Å². The van der Waals surface area contributed by atoms with Crippen molar-refractivity contribution in [1.82, 2.24) is 4.98 Å². The largest absolute Gasteiger partial charge is 0.507 e. The molecule has 5 rings (SSSR count). The van der Waals surface area contributed by atoms with E-state index in [2.05, 4.69) is 5.32 Å². The Morgan fingerprint density at radius 2 is 2.06 bits per heavy atom. The highest BCUT2D eigenvalue weighted by atomic mass is 16.7. The molecule has 2 aliphatic heterocycles. The van der Waals surface area contributed by atoms with Gasteiger partial charge in [0.25, 0.3) is 0 Å². The average Bonchev–Trinajstić information content (AvgIpc) is 3.49. The number of rotatable bonds is 6. The molecule has 1 aromatic heterocycles. The zero-order valence-corrected chi connectivity index (χ0v) is 17.3. The maximum atomic E-state index is 10.6. The average molecular weight is 420 g/mol. The van der Waals surface area contributed by atoms with Crippen molar-refractivity contribution in [3.05, 3.63) is 48.5 Å². The summed E-state index contributed by atoms with van der Waals surface area (Å²) >= 11 is 0. The Balaban J connectivity index is 1.56. The van der Waals surface area contributed by atoms with Crippen molar-refractivity contribution in [2.24, 2.45) is 0 Å². The number of phenols is 1. The molecule has 7 heteroatoms. The number of fused-ring (bicyclic) bond motifs is 1. The van der Waals surface area contributed by atoms with E-state index < -0.39 is 0 Å². The Morgan fingerprint density at radius 3 is 2.87 bits per heavy atom. The Morgan fingerprint density at radius 1 is 1.13 bits per heavy atom. The third kappa shape index (κ3) is 3.96. The first kappa shape index (κ1) is 19.5. The summed E-state index contributed by atoms with van der Waals surface area (Å²) < 4.78 is 22.2. The first-order valence-corrected chi connectivity index (χ1v) is 10.3. The van der Waals surface area contributed by atoms with E-state index in [1.165, 1.54) is 0 Å². The fraction of sp³-hybridized carbons (Fsp3) is 0.292. The van der Waals surface area contributed by atoms with Crippen molar-refractivity contribution in [2.75, 3.05) is 32.4 Å². The molecule has 0 amide bonds. The van der Waals surface area contributed by atoms with Crippen molar-refractivity contribution in [3.63, 3.8) is 0 Å². The van der Waals surface area contributed by atoms with E-state index in [4.69, 9.17) is 23.9 Å².